The van der Waals surface area contributed by atoms with Gasteiger partial charge in [-0.15, -0.1) is 11.3 Å². The number of benzene rings is 1. The highest BCUT2D eigenvalue weighted by Gasteiger charge is 2.49. The maximum atomic E-state index is 5.98. The minimum Gasteiger partial charge on any atom is -0.493 e. The molecule has 4 rings (SSSR count). The van der Waals surface area contributed by atoms with E-state index in [0.29, 0.717) is 67.9 Å². The van der Waals surface area contributed by atoms with Crippen molar-refractivity contribution in [3.05, 3.63) is 34.8 Å². The lowest BCUT2D eigenvalue weighted by molar-refractivity contribution is 0.0178. The predicted octanol–water partition coefficient (Wildman–Crippen LogP) is 3.92. The molecule has 10 nitrogen and oxygen atoms in total. The summed E-state index contributed by atoms with van der Waals surface area (Å²) in [5.41, 5.74) is 13.8. The van der Waals surface area contributed by atoms with Gasteiger partial charge in [-0.1, -0.05) is 11.8 Å². The van der Waals surface area contributed by atoms with Crippen molar-refractivity contribution in [1.29, 1.82) is 0 Å². The van der Waals surface area contributed by atoms with Gasteiger partial charge in [0.2, 0.25) is 0 Å². The fourth-order valence-electron chi connectivity index (χ4n) is 3.72. The van der Waals surface area contributed by atoms with E-state index in [-0.39, 0.29) is 4.75 Å². The molecule has 1 aromatic carbocycles. The molecule has 37 heavy (non-hydrogen) atoms. The molecule has 1 aliphatic carbocycles. The topological polar surface area (TPSA) is 137 Å². The van der Waals surface area contributed by atoms with E-state index in [2.05, 4.69) is 16.9 Å². The van der Waals surface area contributed by atoms with Crippen molar-refractivity contribution in [2.45, 2.75) is 29.7 Å². The van der Waals surface area contributed by atoms with Gasteiger partial charge >= 0.3 is 0 Å². The normalized spacial score (nSPS) is 14.0. The number of ether oxygens (including phenoxy) is 5. The number of rotatable bonds is 15. The Morgan fingerprint density at radius 1 is 0.892 bits per heavy atom. The second-order valence-corrected chi connectivity index (χ2v) is 11.0. The second-order valence-electron chi connectivity index (χ2n) is 8.45. The molecule has 200 valence electrons. The average Bonchev–Trinajstić information content (AvgIpc) is 3.53. The van der Waals surface area contributed by atoms with Gasteiger partial charge < -0.3 is 35.2 Å². The molecule has 0 radical (unpaired) electrons. The first kappa shape index (κ1) is 27.4. The van der Waals surface area contributed by atoms with Crippen molar-refractivity contribution >= 4 is 34.7 Å². The minimum absolute atomic E-state index is 0.157. The Morgan fingerprint density at radius 2 is 1.57 bits per heavy atom. The third-order valence-electron chi connectivity index (χ3n) is 5.66. The van der Waals surface area contributed by atoms with Crippen molar-refractivity contribution < 1.29 is 23.7 Å². The molecule has 0 amide bonds. The third kappa shape index (κ3) is 7.23. The van der Waals surface area contributed by atoms with Gasteiger partial charge in [-0.05, 0) is 38.0 Å². The highest BCUT2D eigenvalue weighted by Crippen LogP contribution is 2.60. The molecule has 1 saturated carbocycles. The molecule has 0 aliphatic heterocycles. The number of nitrogen functional groups attached to an aromatic ring is 2. The highest BCUT2D eigenvalue weighted by atomic mass is 32.2. The summed E-state index contributed by atoms with van der Waals surface area (Å²) in [7, 11) is 3.27. The first-order valence-electron chi connectivity index (χ1n) is 12.0. The zero-order valence-corrected chi connectivity index (χ0v) is 23.0. The van der Waals surface area contributed by atoms with E-state index in [1.807, 2.05) is 18.2 Å². The molecule has 2 heterocycles. The molecular weight excluding hydrogens is 514 g/mol. The van der Waals surface area contributed by atoms with Gasteiger partial charge in [0, 0.05) is 23.6 Å². The van der Waals surface area contributed by atoms with Crippen LogP contribution in [-0.2, 0) is 19.0 Å². The highest BCUT2D eigenvalue weighted by molar-refractivity contribution is 8.00. The quantitative estimate of drug-likeness (QED) is 0.211. The van der Waals surface area contributed by atoms with Crippen molar-refractivity contribution in [2.24, 2.45) is 0 Å². The first-order valence-corrected chi connectivity index (χ1v) is 13.6. The zero-order chi connectivity index (χ0) is 26.3. The maximum absolute atomic E-state index is 5.98. The number of nitrogens with zero attached hydrogens (tertiary/aromatic N) is 3. The molecule has 1 fully saturated rings. The van der Waals surface area contributed by atoms with E-state index >= 15 is 0 Å². The zero-order valence-electron chi connectivity index (χ0n) is 21.3. The smallest absolute Gasteiger partial charge is 0.192 e. The Kier molecular flexibility index (Phi) is 9.43. The van der Waals surface area contributed by atoms with Gasteiger partial charge in [0.05, 0.1) is 50.6 Å². The summed E-state index contributed by atoms with van der Waals surface area (Å²) >= 11 is 3.24. The third-order valence-corrected chi connectivity index (χ3v) is 8.04. The lowest BCUT2D eigenvalue weighted by Crippen LogP contribution is -2.12. The summed E-state index contributed by atoms with van der Waals surface area (Å²) in [5.74, 6) is 2.04. The van der Waals surface area contributed by atoms with Crippen LogP contribution in [0.2, 0.25) is 0 Å². The Hall–Kier alpha value is -2.64. The number of aryl methyl sites for hydroxylation is 1. The Bertz CT molecular complexity index is 1170. The fourth-order valence-corrected chi connectivity index (χ4v) is 6.05. The number of aromatic nitrogens is 3. The Morgan fingerprint density at radius 3 is 2.22 bits per heavy atom. The summed E-state index contributed by atoms with van der Waals surface area (Å²) in [6.07, 6.45) is 1.99. The number of thioether (sulfide) groups is 1. The molecule has 0 spiro atoms. The van der Waals surface area contributed by atoms with E-state index in [9.17, 15) is 0 Å². The summed E-state index contributed by atoms with van der Waals surface area (Å²) in [6, 6.07) is 7.42. The first-order chi connectivity index (χ1) is 17.9. The molecule has 3 aromatic rings. The lowest BCUT2D eigenvalue weighted by Gasteiger charge is -2.13. The fraction of sp³-hybridized carbons (Fsp3) is 0.480. The molecule has 0 bridgehead atoms. The molecule has 0 unspecified atom stereocenters. The summed E-state index contributed by atoms with van der Waals surface area (Å²) in [6.45, 7) is 5.08. The van der Waals surface area contributed by atoms with E-state index < -0.39 is 0 Å². The van der Waals surface area contributed by atoms with Gasteiger partial charge in [-0.2, -0.15) is 0 Å². The predicted molar refractivity (Wildman–Crippen MR) is 145 cm³/mol. The number of methoxy groups -OCH3 is 2. The van der Waals surface area contributed by atoms with Crippen LogP contribution in [0, 0.1) is 6.92 Å². The standard InChI is InChI=1S/C25H33N5O5S2/c1-16-22(25(6-7-25)37-24-28-20(26)15-21(27)29-24)30-23(36-16)17-4-5-18(32-3)19(14-17)35-13-12-34-11-10-33-9-8-31-2/h4-5,14-15H,6-13H2,1-3H3,(H4,26,27,28,29). The van der Waals surface area contributed by atoms with Crippen LogP contribution in [0.5, 0.6) is 11.5 Å². The largest absolute Gasteiger partial charge is 0.493 e. The average molecular weight is 548 g/mol. The van der Waals surface area contributed by atoms with Crippen molar-refractivity contribution in [3.63, 3.8) is 0 Å². The Labute approximate surface area is 225 Å². The van der Waals surface area contributed by atoms with E-state index in [4.69, 9.17) is 40.1 Å². The number of anilines is 2. The van der Waals surface area contributed by atoms with Crippen LogP contribution in [0.4, 0.5) is 11.6 Å². The van der Waals surface area contributed by atoms with E-state index in [0.717, 1.165) is 34.0 Å². The van der Waals surface area contributed by atoms with Crippen molar-refractivity contribution in [3.8, 4) is 22.1 Å². The van der Waals surface area contributed by atoms with Crippen LogP contribution < -0.4 is 20.9 Å². The van der Waals surface area contributed by atoms with E-state index in [1.54, 1.807) is 43.4 Å². The van der Waals surface area contributed by atoms with Gasteiger partial charge in [-0.25, -0.2) is 15.0 Å². The van der Waals surface area contributed by atoms with Crippen molar-refractivity contribution in [1.82, 2.24) is 15.0 Å². The number of thiazole rings is 1. The molecule has 1 aliphatic rings. The molecular formula is C25H33N5O5S2. The molecule has 0 saturated heterocycles. The maximum Gasteiger partial charge on any atom is 0.192 e. The molecule has 4 N–H and O–H groups in total. The minimum atomic E-state index is -0.157. The number of nitrogens with two attached hydrogens (primary N) is 2. The number of hydrogen-bond donors (Lipinski definition) is 2. The molecule has 2 aromatic heterocycles. The Balaban J connectivity index is 1.40. The van der Waals surface area contributed by atoms with Crippen LogP contribution in [0.25, 0.3) is 10.6 Å². The van der Waals surface area contributed by atoms with Gasteiger partial charge in [-0.3, -0.25) is 0 Å². The van der Waals surface area contributed by atoms with Crippen LogP contribution in [-0.4, -0.2) is 68.8 Å². The van der Waals surface area contributed by atoms with Crippen LogP contribution in [0.1, 0.15) is 23.4 Å². The van der Waals surface area contributed by atoms with Crippen LogP contribution in [0.3, 0.4) is 0 Å². The summed E-state index contributed by atoms with van der Waals surface area (Å²) in [5, 5.41) is 1.50. The summed E-state index contributed by atoms with van der Waals surface area (Å²) in [4.78, 5) is 14.9. The second kappa shape index (κ2) is 12.7. The molecule has 12 heteroatoms. The van der Waals surface area contributed by atoms with Gasteiger partial charge in [0.15, 0.2) is 16.7 Å². The summed E-state index contributed by atoms with van der Waals surface area (Å²) < 4.78 is 27.2. The lowest BCUT2D eigenvalue weighted by atomic mass is 10.2. The van der Waals surface area contributed by atoms with Gasteiger partial charge in [0.1, 0.15) is 23.3 Å². The van der Waals surface area contributed by atoms with Gasteiger partial charge in [0.25, 0.3) is 0 Å². The molecule has 0 atom stereocenters. The van der Waals surface area contributed by atoms with Crippen molar-refractivity contribution in [2.75, 3.05) is 65.3 Å². The SMILES string of the molecule is COCCOCCOCCOc1cc(-c2nc(C3(Sc4nc(N)cc(N)n4)CC3)c(C)s2)ccc1OC. The van der Waals surface area contributed by atoms with Crippen LogP contribution in [0.15, 0.2) is 29.4 Å². The monoisotopic (exact) mass is 547 g/mol. The number of hydrogen-bond acceptors (Lipinski definition) is 12. The van der Waals surface area contributed by atoms with E-state index in [1.165, 1.54) is 0 Å². The van der Waals surface area contributed by atoms with Crippen LogP contribution >= 0.6 is 23.1 Å².